The van der Waals surface area contributed by atoms with Crippen LogP contribution in [0, 0.1) is 0 Å². The summed E-state index contributed by atoms with van der Waals surface area (Å²) in [7, 11) is 0. The molecule has 0 fully saturated rings. The van der Waals surface area contributed by atoms with Crippen LogP contribution in [-0.2, 0) is 0 Å². The monoisotopic (exact) mass is 153 g/mol. The van der Waals surface area contributed by atoms with Crippen molar-refractivity contribution in [2.24, 2.45) is 5.73 Å². The van der Waals surface area contributed by atoms with Gasteiger partial charge in [0.25, 0.3) is 0 Å². The molecule has 0 aliphatic heterocycles. The summed E-state index contributed by atoms with van der Waals surface area (Å²) in [6.07, 6.45) is 4.24. The van der Waals surface area contributed by atoms with Crippen LogP contribution in [0.25, 0.3) is 0 Å². The number of hydrogen-bond donors (Lipinski definition) is 1. The molecule has 0 bridgehead atoms. The van der Waals surface area contributed by atoms with Crippen LogP contribution in [0.15, 0.2) is 23.8 Å². The molecular weight excluding hydrogens is 134 g/mol. The summed E-state index contributed by atoms with van der Waals surface area (Å²) >= 11 is 0. The summed E-state index contributed by atoms with van der Waals surface area (Å²) in [5, 5.41) is 0. The normalized spacial score (nSPS) is 14.7. The Morgan fingerprint density at radius 3 is 2.45 bits per heavy atom. The van der Waals surface area contributed by atoms with Gasteiger partial charge in [0.05, 0.1) is 0 Å². The zero-order valence-electron chi connectivity index (χ0n) is 7.85. The molecule has 0 saturated heterocycles. The fourth-order valence-electron chi connectivity index (χ4n) is 0.774. The molecule has 64 valence electrons. The fourth-order valence-corrected chi connectivity index (χ4v) is 0.774. The van der Waals surface area contributed by atoms with Gasteiger partial charge in [-0.3, -0.25) is 0 Å². The molecule has 0 aromatic rings. The van der Waals surface area contributed by atoms with Crippen molar-refractivity contribution in [3.63, 3.8) is 0 Å². The average molecular weight is 153 g/mol. The molecule has 0 aromatic heterocycles. The average Bonchev–Trinajstić information content (AvgIpc) is 1.99. The molecule has 0 saturated carbocycles. The summed E-state index contributed by atoms with van der Waals surface area (Å²) in [6, 6.07) is 0.171. The van der Waals surface area contributed by atoms with E-state index in [0.717, 1.165) is 18.4 Å². The Labute approximate surface area is 70.0 Å². The van der Waals surface area contributed by atoms with E-state index in [1.807, 2.05) is 6.92 Å². The van der Waals surface area contributed by atoms with Crippen LogP contribution in [0.1, 0.15) is 33.6 Å². The Bertz CT molecular complexity index is 156. The van der Waals surface area contributed by atoms with E-state index < -0.39 is 0 Å². The van der Waals surface area contributed by atoms with Crippen LogP contribution in [0.5, 0.6) is 0 Å². The molecule has 0 spiro atoms. The van der Waals surface area contributed by atoms with Gasteiger partial charge in [-0.2, -0.15) is 0 Å². The molecule has 0 aromatic carbocycles. The first kappa shape index (κ1) is 10.4. The Morgan fingerprint density at radius 2 is 2.09 bits per heavy atom. The van der Waals surface area contributed by atoms with Gasteiger partial charge in [-0.05, 0) is 33.6 Å². The zero-order chi connectivity index (χ0) is 8.85. The second-order valence-electron chi connectivity index (χ2n) is 3.13. The molecule has 1 nitrogen and oxygen atoms in total. The van der Waals surface area contributed by atoms with Gasteiger partial charge in [0.1, 0.15) is 0 Å². The maximum Gasteiger partial charge on any atom is 0.0251 e. The minimum absolute atomic E-state index is 0.171. The summed E-state index contributed by atoms with van der Waals surface area (Å²) in [4.78, 5) is 0. The van der Waals surface area contributed by atoms with E-state index >= 15 is 0 Å². The minimum Gasteiger partial charge on any atom is -0.324 e. The summed E-state index contributed by atoms with van der Waals surface area (Å²) in [5.74, 6) is 0. The van der Waals surface area contributed by atoms with Crippen LogP contribution in [0.3, 0.4) is 0 Å². The van der Waals surface area contributed by atoms with E-state index in [-0.39, 0.29) is 6.04 Å². The molecule has 1 heteroatoms. The van der Waals surface area contributed by atoms with Crippen molar-refractivity contribution >= 4 is 0 Å². The third-order valence-electron chi connectivity index (χ3n) is 1.98. The number of allylic oxidation sites excluding steroid dienone is 2. The highest BCUT2D eigenvalue weighted by Gasteiger charge is 2.01. The van der Waals surface area contributed by atoms with Crippen molar-refractivity contribution in [2.75, 3.05) is 0 Å². The SMILES string of the molecule is C=C(C)C(N)CCC(C)=CC. The lowest BCUT2D eigenvalue weighted by Crippen LogP contribution is -2.20. The number of nitrogens with two attached hydrogens (primary N) is 1. The number of hydrogen-bond acceptors (Lipinski definition) is 1. The van der Waals surface area contributed by atoms with E-state index in [2.05, 4.69) is 26.5 Å². The van der Waals surface area contributed by atoms with Gasteiger partial charge >= 0.3 is 0 Å². The Balaban J connectivity index is 3.62. The van der Waals surface area contributed by atoms with E-state index in [4.69, 9.17) is 5.73 Å². The first-order valence-electron chi connectivity index (χ1n) is 4.10. The lowest BCUT2D eigenvalue weighted by Gasteiger charge is -2.10. The van der Waals surface area contributed by atoms with Gasteiger partial charge in [-0.1, -0.05) is 23.8 Å². The molecular formula is C10H19N. The highest BCUT2D eigenvalue weighted by atomic mass is 14.6. The van der Waals surface area contributed by atoms with E-state index in [0.29, 0.717) is 0 Å². The molecule has 0 radical (unpaired) electrons. The molecule has 11 heavy (non-hydrogen) atoms. The van der Waals surface area contributed by atoms with Crippen molar-refractivity contribution < 1.29 is 0 Å². The topological polar surface area (TPSA) is 26.0 Å². The predicted octanol–water partition coefficient (Wildman–Crippen LogP) is 2.64. The van der Waals surface area contributed by atoms with Gasteiger partial charge in [0.2, 0.25) is 0 Å². The summed E-state index contributed by atoms with van der Waals surface area (Å²) in [6.45, 7) is 9.98. The van der Waals surface area contributed by atoms with Crippen LogP contribution in [-0.4, -0.2) is 6.04 Å². The van der Waals surface area contributed by atoms with Crippen molar-refractivity contribution in [3.05, 3.63) is 23.8 Å². The van der Waals surface area contributed by atoms with Gasteiger partial charge < -0.3 is 5.73 Å². The maximum absolute atomic E-state index is 5.79. The Kier molecular flexibility index (Phi) is 4.88. The first-order chi connectivity index (χ1) is 5.07. The molecule has 0 rings (SSSR count). The standard InChI is InChI=1S/C10H19N/c1-5-9(4)6-7-10(11)8(2)3/h5,10H,2,6-7,11H2,1,3-4H3. The highest BCUT2D eigenvalue weighted by molar-refractivity contribution is 5.03. The van der Waals surface area contributed by atoms with E-state index in [9.17, 15) is 0 Å². The summed E-state index contributed by atoms with van der Waals surface area (Å²) in [5.41, 5.74) is 8.27. The Morgan fingerprint density at radius 1 is 1.55 bits per heavy atom. The molecule has 0 aliphatic carbocycles. The molecule has 1 unspecified atom stereocenters. The third-order valence-corrected chi connectivity index (χ3v) is 1.98. The van der Waals surface area contributed by atoms with Crippen LogP contribution < -0.4 is 5.73 Å². The second-order valence-corrected chi connectivity index (χ2v) is 3.13. The lowest BCUT2D eigenvalue weighted by molar-refractivity contribution is 0.686. The smallest absolute Gasteiger partial charge is 0.0251 e. The number of rotatable bonds is 4. The van der Waals surface area contributed by atoms with Gasteiger partial charge in [-0.25, -0.2) is 0 Å². The van der Waals surface area contributed by atoms with Crippen molar-refractivity contribution in [1.82, 2.24) is 0 Å². The van der Waals surface area contributed by atoms with Crippen molar-refractivity contribution in [2.45, 2.75) is 39.7 Å². The lowest BCUT2D eigenvalue weighted by atomic mass is 10.0. The second kappa shape index (κ2) is 5.14. The van der Waals surface area contributed by atoms with Gasteiger partial charge in [0, 0.05) is 6.04 Å². The van der Waals surface area contributed by atoms with Crippen LogP contribution in [0.2, 0.25) is 0 Å². The molecule has 0 amide bonds. The molecule has 2 N–H and O–H groups in total. The van der Waals surface area contributed by atoms with Crippen molar-refractivity contribution in [1.29, 1.82) is 0 Å². The van der Waals surface area contributed by atoms with E-state index in [1.165, 1.54) is 5.57 Å². The fraction of sp³-hybridized carbons (Fsp3) is 0.600. The minimum atomic E-state index is 0.171. The molecule has 0 aliphatic rings. The zero-order valence-corrected chi connectivity index (χ0v) is 7.85. The van der Waals surface area contributed by atoms with Gasteiger partial charge in [-0.15, -0.1) is 0 Å². The maximum atomic E-state index is 5.79. The van der Waals surface area contributed by atoms with Crippen molar-refractivity contribution in [3.8, 4) is 0 Å². The first-order valence-corrected chi connectivity index (χ1v) is 4.10. The van der Waals surface area contributed by atoms with Crippen LogP contribution >= 0.6 is 0 Å². The quantitative estimate of drug-likeness (QED) is 0.617. The van der Waals surface area contributed by atoms with Gasteiger partial charge in [0.15, 0.2) is 0 Å². The molecule has 0 heterocycles. The molecule has 1 atom stereocenters. The summed E-state index contributed by atoms with van der Waals surface area (Å²) < 4.78 is 0. The highest BCUT2D eigenvalue weighted by Crippen LogP contribution is 2.08. The van der Waals surface area contributed by atoms with E-state index in [1.54, 1.807) is 0 Å². The predicted molar refractivity (Wildman–Crippen MR) is 51.5 cm³/mol. The van der Waals surface area contributed by atoms with Crippen LogP contribution in [0.4, 0.5) is 0 Å². The largest absolute Gasteiger partial charge is 0.324 e. The third kappa shape index (κ3) is 4.79. The Hall–Kier alpha value is -0.560.